The Morgan fingerprint density at radius 3 is 2.68 bits per heavy atom. The van der Waals surface area contributed by atoms with Crippen molar-refractivity contribution in [3.05, 3.63) is 23.9 Å². The fraction of sp³-hybridized carbons (Fsp3) is 0.688. The van der Waals surface area contributed by atoms with E-state index in [1.165, 1.54) is 12.0 Å². The number of nitrogens with one attached hydrogen (secondary N) is 1. The van der Waals surface area contributed by atoms with Gasteiger partial charge in [0.25, 0.3) is 0 Å². The second kappa shape index (κ2) is 8.16. The third-order valence-corrected chi connectivity index (χ3v) is 3.40. The molecule has 1 unspecified atom stereocenters. The summed E-state index contributed by atoms with van der Waals surface area (Å²) in [7, 11) is 2.12. The van der Waals surface area contributed by atoms with E-state index in [0.29, 0.717) is 6.04 Å². The summed E-state index contributed by atoms with van der Waals surface area (Å²) < 4.78 is 0. The Hall–Kier alpha value is -1.09. The zero-order valence-corrected chi connectivity index (χ0v) is 13.1. The number of aromatic nitrogens is 1. The van der Waals surface area contributed by atoms with E-state index < -0.39 is 0 Å². The Bertz CT molecular complexity index is 363. The first kappa shape index (κ1) is 16.0. The quantitative estimate of drug-likeness (QED) is 0.776. The minimum atomic E-state index is 0.389. The molecule has 0 aliphatic heterocycles. The predicted octanol–water partition coefficient (Wildman–Crippen LogP) is 3.62. The SMILES string of the molecule is CCCNC(C)c1ccnc(N(C)CCC(C)C)c1. The maximum Gasteiger partial charge on any atom is 0.128 e. The standard InChI is InChI=1S/C16H29N3/c1-6-9-17-14(4)15-7-10-18-16(12-15)19(5)11-8-13(2)3/h7,10,12-14,17H,6,8-9,11H2,1-5H3. The van der Waals surface area contributed by atoms with Gasteiger partial charge in [0, 0.05) is 25.8 Å². The predicted molar refractivity (Wildman–Crippen MR) is 83.7 cm³/mol. The molecule has 0 saturated heterocycles. The van der Waals surface area contributed by atoms with E-state index in [1.807, 2.05) is 6.20 Å². The van der Waals surface area contributed by atoms with Crippen LogP contribution in [0, 0.1) is 5.92 Å². The normalized spacial score (nSPS) is 12.7. The lowest BCUT2D eigenvalue weighted by atomic mass is 10.1. The summed E-state index contributed by atoms with van der Waals surface area (Å²) in [6.07, 6.45) is 4.28. The molecule has 0 saturated carbocycles. The van der Waals surface area contributed by atoms with Crippen LogP contribution in [0.25, 0.3) is 0 Å². The first-order valence-corrected chi connectivity index (χ1v) is 7.45. The molecule has 1 aromatic rings. The van der Waals surface area contributed by atoms with Crippen molar-refractivity contribution in [1.82, 2.24) is 10.3 Å². The largest absolute Gasteiger partial charge is 0.360 e. The molecule has 1 N–H and O–H groups in total. The molecule has 0 aliphatic carbocycles. The molecule has 0 aliphatic rings. The lowest BCUT2D eigenvalue weighted by molar-refractivity contribution is 0.568. The van der Waals surface area contributed by atoms with Gasteiger partial charge in [-0.05, 0) is 49.9 Å². The summed E-state index contributed by atoms with van der Waals surface area (Å²) in [5.41, 5.74) is 1.31. The molecule has 0 fully saturated rings. The number of anilines is 1. The van der Waals surface area contributed by atoms with Crippen LogP contribution < -0.4 is 10.2 Å². The average Bonchev–Trinajstić information content (AvgIpc) is 2.42. The van der Waals surface area contributed by atoms with Crippen LogP contribution in [0.2, 0.25) is 0 Å². The smallest absolute Gasteiger partial charge is 0.128 e. The molecule has 19 heavy (non-hydrogen) atoms. The number of hydrogen-bond donors (Lipinski definition) is 1. The summed E-state index contributed by atoms with van der Waals surface area (Å²) in [5, 5.41) is 3.52. The molecule has 1 heterocycles. The number of pyridine rings is 1. The monoisotopic (exact) mass is 263 g/mol. The first-order chi connectivity index (χ1) is 9.04. The molecule has 1 atom stereocenters. The van der Waals surface area contributed by atoms with Crippen molar-refractivity contribution in [2.45, 2.75) is 46.6 Å². The zero-order valence-electron chi connectivity index (χ0n) is 13.1. The molecule has 3 heteroatoms. The molecule has 1 aromatic heterocycles. The van der Waals surface area contributed by atoms with Crippen molar-refractivity contribution in [2.75, 3.05) is 25.0 Å². The molecule has 1 rings (SSSR count). The van der Waals surface area contributed by atoms with Gasteiger partial charge in [-0.15, -0.1) is 0 Å². The van der Waals surface area contributed by atoms with Crippen molar-refractivity contribution in [3.8, 4) is 0 Å². The Kier molecular flexibility index (Phi) is 6.85. The summed E-state index contributed by atoms with van der Waals surface area (Å²) >= 11 is 0. The van der Waals surface area contributed by atoms with Crippen molar-refractivity contribution >= 4 is 5.82 Å². The topological polar surface area (TPSA) is 28.2 Å². The van der Waals surface area contributed by atoms with Gasteiger partial charge in [0.15, 0.2) is 0 Å². The summed E-state index contributed by atoms with van der Waals surface area (Å²) in [6.45, 7) is 11.0. The molecule has 0 spiro atoms. The fourth-order valence-electron chi connectivity index (χ4n) is 1.96. The van der Waals surface area contributed by atoms with Crippen molar-refractivity contribution < 1.29 is 0 Å². The molecule has 0 aromatic carbocycles. The van der Waals surface area contributed by atoms with Gasteiger partial charge < -0.3 is 10.2 Å². The Labute approximate surface area is 118 Å². The van der Waals surface area contributed by atoms with Crippen LogP contribution in [0.3, 0.4) is 0 Å². The van der Waals surface area contributed by atoms with Crippen molar-refractivity contribution in [3.63, 3.8) is 0 Å². The molecule has 0 radical (unpaired) electrons. The second-order valence-corrected chi connectivity index (χ2v) is 5.73. The van der Waals surface area contributed by atoms with E-state index in [9.17, 15) is 0 Å². The third kappa shape index (κ3) is 5.60. The van der Waals surface area contributed by atoms with Gasteiger partial charge in [0.05, 0.1) is 0 Å². The van der Waals surface area contributed by atoms with E-state index in [1.54, 1.807) is 0 Å². The summed E-state index contributed by atoms with van der Waals surface area (Å²) in [4.78, 5) is 6.72. The molecule has 108 valence electrons. The van der Waals surface area contributed by atoms with Crippen LogP contribution in [0.4, 0.5) is 5.82 Å². The van der Waals surface area contributed by atoms with E-state index >= 15 is 0 Å². The molecule has 0 amide bonds. The molecular formula is C16H29N3. The van der Waals surface area contributed by atoms with Crippen LogP contribution in [-0.4, -0.2) is 25.1 Å². The average molecular weight is 263 g/mol. The lowest BCUT2D eigenvalue weighted by Gasteiger charge is -2.21. The Morgan fingerprint density at radius 2 is 2.05 bits per heavy atom. The number of rotatable bonds is 8. The Morgan fingerprint density at radius 1 is 1.32 bits per heavy atom. The van der Waals surface area contributed by atoms with Crippen molar-refractivity contribution in [1.29, 1.82) is 0 Å². The van der Waals surface area contributed by atoms with E-state index in [2.05, 4.69) is 62.1 Å². The van der Waals surface area contributed by atoms with Gasteiger partial charge >= 0.3 is 0 Å². The highest BCUT2D eigenvalue weighted by molar-refractivity contribution is 5.40. The molecular weight excluding hydrogens is 234 g/mol. The van der Waals surface area contributed by atoms with Gasteiger partial charge in [-0.1, -0.05) is 20.8 Å². The maximum atomic E-state index is 4.48. The fourth-order valence-corrected chi connectivity index (χ4v) is 1.96. The minimum absolute atomic E-state index is 0.389. The first-order valence-electron chi connectivity index (χ1n) is 7.45. The molecule has 3 nitrogen and oxygen atoms in total. The van der Waals surface area contributed by atoms with Crippen LogP contribution in [0.1, 0.15) is 52.1 Å². The van der Waals surface area contributed by atoms with Gasteiger partial charge in [0.2, 0.25) is 0 Å². The van der Waals surface area contributed by atoms with E-state index in [4.69, 9.17) is 0 Å². The number of nitrogens with zero attached hydrogens (tertiary/aromatic N) is 2. The van der Waals surface area contributed by atoms with E-state index in [-0.39, 0.29) is 0 Å². The van der Waals surface area contributed by atoms with Crippen LogP contribution in [0.5, 0.6) is 0 Å². The minimum Gasteiger partial charge on any atom is -0.360 e. The number of hydrogen-bond acceptors (Lipinski definition) is 3. The van der Waals surface area contributed by atoms with Gasteiger partial charge in [-0.25, -0.2) is 4.98 Å². The third-order valence-electron chi connectivity index (χ3n) is 3.40. The highest BCUT2D eigenvalue weighted by atomic mass is 15.2. The summed E-state index contributed by atoms with van der Waals surface area (Å²) in [6, 6.07) is 4.70. The highest BCUT2D eigenvalue weighted by Crippen LogP contribution is 2.18. The molecule has 0 bridgehead atoms. The van der Waals surface area contributed by atoms with Crippen LogP contribution >= 0.6 is 0 Å². The zero-order chi connectivity index (χ0) is 14.3. The van der Waals surface area contributed by atoms with Crippen LogP contribution in [0.15, 0.2) is 18.3 Å². The van der Waals surface area contributed by atoms with E-state index in [0.717, 1.165) is 31.2 Å². The van der Waals surface area contributed by atoms with Gasteiger partial charge in [0.1, 0.15) is 5.82 Å². The lowest BCUT2D eigenvalue weighted by Crippen LogP contribution is -2.23. The van der Waals surface area contributed by atoms with Crippen LogP contribution in [-0.2, 0) is 0 Å². The Balaban J connectivity index is 2.65. The summed E-state index contributed by atoms with van der Waals surface area (Å²) in [5.74, 6) is 1.80. The maximum absolute atomic E-state index is 4.48. The highest BCUT2D eigenvalue weighted by Gasteiger charge is 2.08. The second-order valence-electron chi connectivity index (χ2n) is 5.73. The van der Waals surface area contributed by atoms with Gasteiger partial charge in [-0.3, -0.25) is 0 Å². The van der Waals surface area contributed by atoms with Gasteiger partial charge in [-0.2, -0.15) is 0 Å². The van der Waals surface area contributed by atoms with Crippen molar-refractivity contribution in [2.24, 2.45) is 5.92 Å².